The predicted octanol–water partition coefficient (Wildman–Crippen LogP) is 5.58. The highest BCUT2D eigenvalue weighted by molar-refractivity contribution is 5.89. The minimum atomic E-state index is -4.33. The number of likely N-dealkylation sites (N-methyl/N-ethyl adjacent to an activating group) is 1. The maximum absolute atomic E-state index is 13.0. The van der Waals surface area contributed by atoms with Crippen LogP contribution in [-0.4, -0.2) is 23.1 Å². The third-order valence-corrected chi connectivity index (χ3v) is 5.16. The first kappa shape index (κ1) is 17.9. The van der Waals surface area contributed by atoms with Crippen molar-refractivity contribution in [2.24, 2.45) is 0 Å². The minimum Gasteiger partial charge on any atom is -0.320 e. The van der Waals surface area contributed by atoms with Crippen LogP contribution in [0.15, 0.2) is 42.5 Å². The Kier molecular flexibility index (Phi) is 4.35. The zero-order chi connectivity index (χ0) is 19.2. The lowest BCUT2D eigenvalue weighted by atomic mass is 10.0. The molecular formula is C22H21F3N2. The molecule has 3 aromatic rings. The van der Waals surface area contributed by atoms with Gasteiger partial charge in [0.25, 0.3) is 0 Å². The van der Waals surface area contributed by atoms with Crippen molar-refractivity contribution in [1.29, 1.82) is 0 Å². The quantitative estimate of drug-likeness (QED) is 0.571. The summed E-state index contributed by atoms with van der Waals surface area (Å²) >= 11 is 0. The number of alkyl halides is 3. The molecule has 1 aliphatic heterocycles. The molecule has 1 aliphatic rings. The van der Waals surface area contributed by atoms with Gasteiger partial charge in [0.15, 0.2) is 0 Å². The van der Waals surface area contributed by atoms with Crippen LogP contribution in [0.25, 0.3) is 23.2 Å². The number of halogens is 3. The lowest BCUT2D eigenvalue weighted by Gasteiger charge is -2.23. The number of rotatable bonds is 2. The highest BCUT2D eigenvalue weighted by Gasteiger charge is 2.30. The number of hydrogen-bond acceptors (Lipinski definition) is 1. The third kappa shape index (κ3) is 3.39. The molecule has 0 bridgehead atoms. The van der Waals surface area contributed by atoms with Crippen LogP contribution >= 0.6 is 0 Å². The standard InChI is InChI=1S/C22H21F3N2/c1-15-6-7-20-18(12-15)19-14-26(2)10-9-21(19)27(20)11-8-16-4-3-5-17(13-16)22(23,24)25/h3-8,11-13H,9-10,14H2,1-2H3/b11-8+. The maximum Gasteiger partial charge on any atom is 0.416 e. The van der Waals surface area contributed by atoms with Crippen molar-refractivity contribution in [2.75, 3.05) is 13.6 Å². The van der Waals surface area contributed by atoms with Crippen LogP contribution in [0.4, 0.5) is 13.2 Å². The van der Waals surface area contributed by atoms with E-state index < -0.39 is 11.7 Å². The van der Waals surface area contributed by atoms with Crippen LogP contribution in [-0.2, 0) is 19.1 Å². The number of aromatic nitrogens is 1. The summed E-state index contributed by atoms with van der Waals surface area (Å²) in [6, 6.07) is 11.8. The number of aryl methyl sites for hydroxylation is 1. The van der Waals surface area contributed by atoms with Crippen molar-refractivity contribution in [3.05, 3.63) is 70.4 Å². The van der Waals surface area contributed by atoms with Gasteiger partial charge in [0.05, 0.1) is 11.1 Å². The Morgan fingerprint density at radius 3 is 2.67 bits per heavy atom. The van der Waals surface area contributed by atoms with Crippen LogP contribution in [0.2, 0.25) is 0 Å². The fraction of sp³-hybridized carbons (Fsp3) is 0.273. The SMILES string of the molecule is Cc1ccc2c(c1)c1c(n2/C=C/c2cccc(C(F)(F)F)c2)CCN(C)C1. The second-order valence-electron chi connectivity index (χ2n) is 7.24. The van der Waals surface area contributed by atoms with Crippen LogP contribution in [0, 0.1) is 6.92 Å². The van der Waals surface area contributed by atoms with Gasteiger partial charge in [0, 0.05) is 36.8 Å². The Hall–Kier alpha value is -2.53. The van der Waals surface area contributed by atoms with E-state index in [-0.39, 0.29) is 0 Å². The Balaban J connectivity index is 1.80. The molecule has 0 spiro atoms. The van der Waals surface area contributed by atoms with Crippen molar-refractivity contribution in [3.8, 4) is 0 Å². The lowest BCUT2D eigenvalue weighted by Crippen LogP contribution is -2.26. The van der Waals surface area contributed by atoms with Crippen LogP contribution in [0.5, 0.6) is 0 Å². The molecule has 0 radical (unpaired) electrons. The molecule has 2 heterocycles. The predicted molar refractivity (Wildman–Crippen MR) is 103 cm³/mol. The first-order valence-electron chi connectivity index (χ1n) is 8.99. The first-order valence-corrected chi connectivity index (χ1v) is 8.99. The van der Waals surface area contributed by atoms with Gasteiger partial charge in [0.1, 0.15) is 0 Å². The number of hydrogen-bond donors (Lipinski definition) is 0. The van der Waals surface area contributed by atoms with E-state index in [9.17, 15) is 13.2 Å². The van der Waals surface area contributed by atoms with Crippen LogP contribution in [0.3, 0.4) is 0 Å². The van der Waals surface area contributed by atoms with Crippen molar-refractivity contribution >= 4 is 23.2 Å². The Bertz CT molecular complexity index is 1030. The zero-order valence-corrected chi connectivity index (χ0v) is 15.3. The molecular weight excluding hydrogens is 349 g/mol. The van der Waals surface area contributed by atoms with E-state index in [1.807, 2.05) is 6.20 Å². The fourth-order valence-electron chi connectivity index (χ4n) is 3.79. The molecule has 0 atom stereocenters. The summed E-state index contributed by atoms with van der Waals surface area (Å²) in [5, 5.41) is 1.23. The molecule has 5 heteroatoms. The second kappa shape index (κ2) is 6.57. The highest BCUT2D eigenvalue weighted by atomic mass is 19.4. The smallest absolute Gasteiger partial charge is 0.320 e. The lowest BCUT2D eigenvalue weighted by molar-refractivity contribution is -0.137. The van der Waals surface area contributed by atoms with Gasteiger partial charge in [0.2, 0.25) is 0 Å². The number of benzene rings is 2. The summed E-state index contributed by atoms with van der Waals surface area (Å²) in [4.78, 5) is 2.30. The summed E-state index contributed by atoms with van der Waals surface area (Å²) in [6.45, 7) is 3.94. The molecule has 27 heavy (non-hydrogen) atoms. The second-order valence-corrected chi connectivity index (χ2v) is 7.24. The van der Waals surface area contributed by atoms with Crippen molar-refractivity contribution in [2.45, 2.75) is 26.1 Å². The summed E-state index contributed by atoms with van der Waals surface area (Å²) in [5.74, 6) is 0. The topological polar surface area (TPSA) is 8.17 Å². The molecule has 1 aromatic heterocycles. The summed E-state index contributed by atoms with van der Waals surface area (Å²) in [5.41, 5.74) is 4.79. The van der Waals surface area contributed by atoms with Gasteiger partial charge in [-0.05, 0) is 55.4 Å². The van der Waals surface area contributed by atoms with E-state index in [1.54, 1.807) is 12.1 Å². The van der Waals surface area contributed by atoms with Gasteiger partial charge in [-0.15, -0.1) is 0 Å². The Labute approximate surface area is 156 Å². The van der Waals surface area contributed by atoms with E-state index in [1.165, 1.54) is 34.3 Å². The Morgan fingerprint density at radius 1 is 1.07 bits per heavy atom. The molecule has 0 fully saturated rings. The molecule has 0 unspecified atom stereocenters. The zero-order valence-electron chi connectivity index (χ0n) is 15.3. The van der Waals surface area contributed by atoms with Gasteiger partial charge in [-0.1, -0.05) is 23.8 Å². The van der Waals surface area contributed by atoms with E-state index >= 15 is 0 Å². The van der Waals surface area contributed by atoms with Gasteiger partial charge in [-0.3, -0.25) is 0 Å². The molecule has 0 N–H and O–H groups in total. The number of fused-ring (bicyclic) bond motifs is 3. The summed E-state index contributed by atoms with van der Waals surface area (Å²) in [6.07, 6.45) is 0.252. The van der Waals surface area contributed by atoms with Crippen molar-refractivity contribution < 1.29 is 13.2 Å². The summed E-state index contributed by atoms with van der Waals surface area (Å²) < 4.78 is 41.0. The largest absolute Gasteiger partial charge is 0.416 e. The molecule has 0 saturated heterocycles. The van der Waals surface area contributed by atoms with Crippen molar-refractivity contribution in [3.63, 3.8) is 0 Å². The molecule has 0 saturated carbocycles. The highest BCUT2D eigenvalue weighted by Crippen LogP contribution is 2.33. The molecule has 2 nitrogen and oxygen atoms in total. The first-order chi connectivity index (χ1) is 12.8. The third-order valence-electron chi connectivity index (χ3n) is 5.16. The van der Waals surface area contributed by atoms with Gasteiger partial charge in [-0.25, -0.2) is 0 Å². The number of nitrogens with zero attached hydrogens (tertiary/aromatic N) is 2. The molecule has 2 aromatic carbocycles. The molecule has 0 aliphatic carbocycles. The van der Waals surface area contributed by atoms with Gasteiger partial charge >= 0.3 is 6.18 Å². The van der Waals surface area contributed by atoms with Gasteiger partial charge in [-0.2, -0.15) is 13.2 Å². The molecule has 140 valence electrons. The van der Waals surface area contributed by atoms with Crippen LogP contribution in [0.1, 0.15) is 27.9 Å². The molecule has 4 rings (SSSR count). The van der Waals surface area contributed by atoms with E-state index in [4.69, 9.17) is 0 Å². The Morgan fingerprint density at radius 2 is 1.89 bits per heavy atom. The van der Waals surface area contributed by atoms with Crippen LogP contribution < -0.4 is 0 Å². The van der Waals surface area contributed by atoms with E-state index in [0.29, 0.717) is 5.56 Å². The minimum absolute atomic E-state index is 0.542. The fourth-order valence-corrected chi connectivity index (χ4v) is 3.79. The average molecular weight is 370 g/mol. The van der Waals surface area contributed by atoms with E-state index in [0.717, 1.165) is 31.1 Å². The summed E-state index contributed by atoms with van der Waals surface area (Å²) in [7, 11) is 2.11. The maximum atomic E-state index is 13.0. The monoisotopic (exact) mass is 370 g/mol. The molecule has 0 amide bonds. The average Bonchev–Trinajstić information content (AvgIpc) is 2.92. The van der Waals surface area contributed by atoms with Gasteiger partial charge < -0.3 is 9.47 Å². The van der Waals surface area contributed by atoms with Crippen molar-refractivity contribution in [1.82, 2.24) is 9.47 Å². The normalized spacial score (nSPS) is 15.6. The van der Waals surface area contributed by atoms with E-state index in [2.05, 4.69) is 41.6 Å².